The zero-order valence-corrected chi connectivity index (χ0v) is 39.8. The van der Waals surface area contributed by atoms with Gasteiger partial charge in [-0.1, -0.05) is 83.0 Å². The largest absolute Gasteiger partial charge is 0.469 e. The lowest BCUT2D eigenvalue weighted by atomic mass is 9.76. The maximum Gasteiger partial charge on any atom is 0.407 e. The molecule has 0 bridgehead atoms. The van der Waals surface area contributed by atoms with Gasteiger partial charge in [0.1, 0.15) is 11.9 Å². The minimum Gasteiger partial charge on any atom is -0.469 e. The zero-order valence-electron chi connectivity index (χ0n) is 39.8. The van der Waals surface area contributed by atoms with Crippen LogP contribution in [0.5, 0.6) is 0 Å². The fraction of sp³-hybridized carbons (Fsp3) is 0.500. The van der Waals surface area contributed by atoms with E-state index in [4.69, 9.17) is 19.5 Å². The van der Waals surface area contributed by atoms with Gasteiger partial charge < -0.3 is 29.6 Å². The zero-order chi connectivity index (χ0) is 47.1. The van der Waals surface area contributed by atoms with Gasteiger partial charge in [0.25, 0.3) is 5.56 Å². The molecular weight excluding hydrogens is 845 g/mol. The normalized spacial score (nSPS) is 20.7. The van der Waals surface area contributed by atoms with Crippen molar-refractivity contribution in [3.63, 3.8) is 0 Å². The van der Waals surface area contributed by atoms with Crippen molar-refractivity contribution in [2.24, 2.45) is 22.7 Å². The highest BCUT2D eigenvalue weighted by Gasteiger charge is 2.44. The SMILES string of the molecule is COC(=O)C[C@H](C(=O)N1CCC[C@H]1C1=NC=C(c2ccc(-c3ccc(-c4ccc5nc([C@@H]6CCCN6C(=O)[C@@H](NC(=O)OC)C(C)C)[nH]c(=O)c5c4)c4c3C3(CCCC3)CC4)cc2)C1)C(C)C. The van der Waals surface area contributed by atoms with E-state index in [1.54, 1.807) is 4.90 Å². The van der Waals surface area contributed by atoms with E-state index in [1.807, 2.05) is 50.9 Å². The van der Waals surface area contributed by atoms with Crippen LogP contribution in [0.3, 0.4) is 0 Å². The van der Waals surface area contributed by atoms with Gasteiger partial charge in [0.05, 0.1) is 49.5 Å². The molecule has 352 valence electrons. The number of aliphatic imine (C=N–C) groups is 1. The number of esters is 1. The van der Waals surface area contributed by atoms with E-state index in [0.717, 1.165) is 60.1 Å². The molecule has 1 saturated carbocycles. The molecule has 0 radical (unpaired) electrons. The Balaban J connectivity index is 0.955. The molecule has 2 aliphatic carbocycles. The summed E-state index contributed by atoms with van der Waals surface area (Å²) in [5, 5.41) is 3.19. The molecule has 13 nitrogen and oxygen atoms in total. The first-order valence-electron chi connectivity index (χ1n) is 24.4. The summed E-state index contributed by atoms with van der Waals surface area (Å²) in [5.74, 6) is -0.687. The highest BCUT2D eigenvalue weighted by molar-refractivity contribution is 6.03. The first kappa shape index (κ1) is 46.0. The van der Waals surface area contributed by atoms with E-state index in [-0.39, 0.29) is 53.1 Å². The van der Waals surface area contributed by atoms with Crippen molar-refractivity contribution in [2.75, 3.05) is 27.3 Å². The number of alkyl carbamates (subject to hydrolysis) is 1. The van der Waals surface area contributed by atoms with Crippen molar-refractivity contribution in [1.82, 2.24) is 25.1 Å². The number of aromatic amines is 1. The Hall–Kier alpha value is -6.11. The summed E-state index contributed by atoms with van der Waals surface area (Å²) in [5.41, 5.74) is 11.1. The molecule has 67 heavy (non-hydrogen) atoms. The fourth-order valence-electron chi connectivity index (χ4n) is 11.9. The van der Waals surface area contributed by atoms with Gasteiger partial charge in [-0.3, -0.25) is 24.2 Å². The van der Waals surface area contributed by atoms with Gasteiger partial charge >= 0.3 is 12.1 Å². The number of benzene rings is 3. The lowest BCUT2D eigenvalue weighted by Gasteiger charge is -2.30. The van der Waals surface area contributed by atoms with Crippen molar-refractivity contribution in [3.05, 3.63) is 93.7 Å². The van der Waals surface area contributed by atoms with E-state index in [2.05, 4.69) is 52.8 Å². The Morgan fingerprint density at radius 2 is 1.46 bits per heavy atom. The molecule has 3 fully saturated rings. The Kier molecular flexibility index (Phi) is 13.0. The predicted molar refractivity (Wildman–Crippen MR) is 259 cm³/mol. The quantitative estimate of drug-likeness (QED) is 0.133. The lowest BCUT2D eigenvalue weighted by Crippen LogP contribution is -2.51. The molecule has 3 aromatic carbocycles. The molecule has 2 saturated heterocycles. The maximum absolute atomic E-state index is 13.9. The van der Waals surface area contributed by atoms with Crippen molar-refractivity contribution in [2.45, 2.75) is 128 Å². The topological polar surface area (TPSA) is 163 Å². The number of carbonyl (C=O) groups excluding carboxylic acids is 4. The molecule has 9 rings (SSSR count). The Morgan fingerprint density at radius 1 is 0.791 bits per heavy atom. The number of fused-ring (bicyclic) bond motifs is 3. The highest BCUT2D eigenvalue weighted by atomic mass is 16.5. The molecule has 5 aliphatic rings. The van der Waals surface area contributed by atoms with Crippen molar-refractivity contribution >= 4 is 46.1 Å². The number of H-pyrrole nitrogens is 1. The number of methoxy groups -OCH3 is 2. The average molecular weight is 909 g/mol. The number of amides is 3. The second-order valence-corrected chi connectivity index (χ2v) is 20.1. The highest BCUT2D eigenvalue weighted by Crippen LogP contribution is 2.55. The molecule has 13 heteroatoms. The van der Waals surface area contributed by atoms with Crippen LogP contribution >= 0.6 is 0 Å². The van der Waals surface area contributed by atoms with Crippen molar-refractivity contribution in [1.29, 1.82) is 0 Å². The number of likely N-dealkylation sites (tertiary alicyclic amines) is 2. The van der Waals surface area contributed by atoms with Gasteiger partial charge in [-0.15, -0.1) is 0 Å². The lowest BCUT2D eigenvalue weighted by molar-refractivity contribution is -0.148. The molecule has 2 N–H and O–H groups in total. The molecule has 3 amide bonds. The number of hydrogen-bond donors (Lipinski definition) is 2. The van der Waals surface area contributed by atoms with Crippen LogP contribution in [0.2, 0.25) is 0 Å². The number of ether oxygens (including phenoxy) is 2. The van der Waals surface area contributed by atoms with Crippen LogP contribution in [-0.4, -0.2) is 88.7 Å². The Morgan fingerprint density at radius 3 is 2.15 bits per heavy atom. The summed E-state index contributed by atoms with van der Waals surface area (Å²) >= 11 is 0. The summed E-state index contributed by atoms with van der Waals surface area (Å²) in [4.78, 5) is 82.4. The molecule has 3 aliphatic heterocycles. The third-order valence-electron chi connectivity index (χ3n) is 15.5. The average Bonchev–Trinajstić information content (AvgIpc) is 4.20. The number of nitrogens with zero attached hydrogens (tertiary/aromatic N) is 4. The summed E-state index contributed by atoms with van der Waals surface area (Å²) < 4.78 is 9.72. The van der Waals surface area contributed by atoms with E-state index in [1.165, 1.54) is 62.2 Å². The third-order valence-corrected chi connectivity index (χ3v) is 15.5. The number of aromatic nitrogens is 2. The van der Waals surface area contributed by atoms with Crippen LogP contribution in [0, 0.1) is 17.8 Å². The van der Waals surface area contributed by atoms with Crippen LogP contribution in [0.25, 0.3) is 38.7 Å². The summed E-state index contributed by atoms with van der Waals surface area (Å²) in [6.07, 6.45) is 12.1. The molecule has 1 spiro atoms. The van der Waals surface area contributed by atoms with Crippen LogP contribution in [-0.2, 0) is 35.7 Å². The van der Waals surface area contributed by atoms with E-state index < -0.39 is 24.1 Å². The predicted octanol–water partition coefficient (Wildman–Crippen LogP) is 9.07. The van der Waals surface area contributed by atoms with Gasteiger partial charge in [-0.2, -0.15) is 0 Å². The van der Waals surface area contributed by atoms with Crippen molar-refractivity contribution in [3.8, 4) is 22.3 Å². The molecule has 4 aromatic rings. The van der Waals surface area contributed by atoms with Gasteiger partial charge in [0.2, 0.25) is 11.8 Å². The first-order valence-corrected chi connectivity index (χ1v) is 24.4. The van der Waals surface area contributed by atoms with Crippen LogP contribution in [0.15, 0.2) is 70.6 Å². The van der Waals surface area contributed by atoms with Gasteiger partial charge in [0.15, 0.2) is 0 Å². The van der Waals surface area contributed by atoms with Crippen molar-refractivity contribution < 1.29 is 28.7 Å². The van der Waals surface area contributed by atoms with Gasteiger partial charge in [-0.05, 0) is 125 Å². The Bertz CT molecular complexity index is 2710. The van der Waals surface area contributed by atoms with Crippen LogP contribution in [0.1, 0.15) is 127 Å². The molecule has 1 aromatic heterocycles. The van der Waals surface area contributed by atoms with Crippen LogP contribution < -0.4 is 10.9 Å². The maximum atomic E-state index is 13.9. The molecule has 0 unspecified atom stereocenters. The van der Waals surface area contributed by atoms with E-state index >= 15 is 0 Å². The molecular formula is C54H64N6O7. The van der Waals surface area contributed by atoms with Crippen LogP contribution in [0.4, 0.5) is 4.79 Å². The second kappa shape index (κ2) is 18.9. The third kappa shape index (κ3) is 8.70. The summed E-state index contributed by atoms with van der Waals surface area (Å²) in [6, 6.07) is 18.1. The summed E-state index contributed by atoms with van der Waals surface area (Å²) in [7, 11) is 2.65. The molecule has 4 heterocycles. The fourth-order valence-corrected chi connectivity index (χ4v) is 11.9. The smallest absolute Gasteiger partial charge is 0.407 e. The van der Waals surface area contributed by atoms with Gasteiger partial charge in [-0.25, -0.2) is 9.78 Å². The monoisotopic (exact) mass is 908 g/mol. The second-order valence-electron chi connectivity index (χ2n) is 20.1. The number of carbonyl (C=O) groups is 4. The summed E-state index contributed by atoms with van der Waals surface area (Å²) in [6.45, 7) is 8.90. The number of allylic oxidation sites excluding steroid dienone is 1. The Labute approximate surface area is 392 Å². The minimum absolute atomic E-state index is 0.0120. The number of hydrogen-bond acceptors (Lipinski definition) is 9. The van der Waals surface area contributed by atoms with E-state index in [0.29, 0.717) is 42.7 Å². The number of nitrogens with one attached hydrogen (secondary N) is 2. The minimum atomic E-state index is -0.767. The standard InChI is InChI=1S/C54H64N6O7/c1-31(2)40(29-46(61)66-5)51(63)59-25-9-11-44(59)43-28-36(30-55-43)33-13-15-34(16-14-33)38-19-18-37(39-21-24-54(47(38)39)22-7-8-23-54)35-17-20-42-41(27-35)50(62)58-49(56-42)45-12-10-26-60(45)52(64)48(32(3)4)57-53(65)67-6/h13-20,27,30-32,40,44-45,48H,7-12,21-26,28-29H2,1-6H3,(H,57,65)(H,56,58,62)/t40-,44-,45-,48-/m0/s1. The number of rotatable bonds is 12. The van der Waals surface area contributed by atoms with Gasteiger partial charge in [0, 0.05) is 31.4 Å². The first-order chi connectivity index (χ1) is 32.3. The molecule has 4 atom stereocenters. The van der Waals surface area contributed by atoms with E-state index in [9.17, 15) is 24.0 Å².